The fourth-order valence-electron chi connectivity index (χ4n) is 6.59. The van der Waals surface area contributed by atoms with Crippen LogP contribution in [0.4, 0.5) is 11.5 Å². The third kappa shape index (κ3) is 4.47. The molecule has 42 heavy (non-hydrogen) atoms. The quantitative estimate of drug-likeness (QED) is 0.372. The number of aromatic nitrogens is 5. The maximum atomic E-state index is 12.9. The van der Waals surface area contributed by atoms with Crippen LogP contribution in [-0.4, -0.2) is 74.6 Å². The van der Waals surface area contributed by atoms with E-state index in [1.807, 2.05) is 28.7 Å². The minimum Gasteiger partial charge on any atom is -0.382 e. The summed E-state index contributed by atoms with van der Waals surface area (Å²) in [5.41, 5.74) is 11.5. The molecule has 0 atom stereocenters. The molecule has 1 amide bonds. The number of anilines is 2. The van der Waals surface area contributed by atoms with Crippen LogP contribution >= 0.6 is 0 Å². The third-order valence-electron chi connectivity index (χ3n) is 9.28. The van der Waals surface area contributed by atoms with Gasteiger partial charge in [0.05, 0.1) is 23.5 Å². The summed E-state index contributed by atoms with van der Waals surface area (Å²) >= 11 is 0. The molecule has 1 saturated carbocycles. The van der Waals surface area contributed by atoms with Crippen molar-refractivity contribution in [2.45, 2.75) is 50.6 Å². The molecule has 3 aromatic heterocycles. The number of ether oxygens (including phenoxy) is 1. The summed E-state index contributed by atoms with van der Waals surface area (Å²) in [7, 11) is 1.86. The van der Waals surface area contributed by atoms with E-state index in [1.165, 1.54) is 6.33 Å². The molecule has 1 aromatic carbocycles. The van der Waals surface area contributed by atoms with Crippen LogP contribution < -0.4 is 10.6 Å². The lowest BCUT2D eigenvalue weighted by molar-refractivity contribution is -0.136. The van der Waals surface area contributed by atoms with Gasteiger partial charge in [0.1, 0.15) is 17.3 Å². The van der Waals surface area contributed by atoms with Crippen molar-refractivity contribution in [1.82, 2.24) is 29.3 Å². The Morgan fingerprint density at radius 1 is 1.10 bits per heavy atom. The summed E-state index contributed by atoms with van der Waals surface area (Å²) in [4.78, 5) is 21.4. The number of carbonyl (C=O) groups excluding carboxylic acids is 1. The Labute approximate surface area is 244 Å². The fraction of sp³-hybridized carbons (Fsp3) is 0.452. The van der Waals surface area contributed by atoms with Crippen LogP contribution in [0.3, 0.4) is 0 Å². The van der Waals surface area contributed by atoms with Crippen molar-refractivity contribution in [2.24, 2.45) is 5.41 Å². The largest absolute Gasteiger partial charge is 0.382 e. The Kier molecular flexibility index (Phi) is 6.58. The van der Waals surface area contributed by atoms with Gasteiger partial charge in [0.25, 0.3) is 0 Å². The van der Waals surface area contributed by atoms with Gasteiger partial charge in [-0.3, -0.25) is 9.48 Å². The van der Waals surface area contributed by atoms with Crippen LogP contribution in [0, 0.1) is 16.7 Å². The summed E-state index contributed by atoms with van der Waals surface area (Å²) in [5, 5.41) is 18.8. The number of nitriles is 1. The zero-order valence-electron chi connectivity index (χ0n) is 23.8. The van der Waals surface area contributed by atoms with Crippen LogP contribution in [0.1, 0.15) is 44.6 Å². The molecular formula is C31H35N9O2. The molecule has 4 aromatic rings. The topological polar surface area (TPSA) is 131 Å². The molecule has 0 bridgehead atoms. The average Bonchev–Trinajstić information content (AvgIpc) is 3.51. The van der Waals surface area contributed by atoms with Gasteiger partial charge in [0.15, 0.2) is 5.82 Å². The number of rotatable bonds is 6. The van der Waals surface area contributed by atoms with Crippen molar-refractivity contribution in [3.63, 3.8) is 0 Å². The standard InChI is InChI=1S/C31H35N9O2/c1-37(30(41)31(19-32)10-11-31)22-6-13-38(14-7-22)24-4-2-3-21(17-24)27-18-25(28-29(33)34-20-36-40(27)28)26-5-12-35-39(26)23-8-15-42-16-9-23/h2-5,12,17-18,20,22-23H,6-11,13-16H2,1H3,(H2,33,34,36). The van der Waals surface area contributed by atoms with Gasteiger partial charge in [-0.15, -0.1) is 0 Å². The van der Waals surface area contributed by atoms with Gasteiger partial charge >= 0.3 is 0 Å². The lowest BCUT2D eigenvalue weighted by Gasteiger charge is -2.38. The highest BCUT2D eigenvalue weighted by Gasteiger charge is 2.52. The Bertz CT molecular complexity index is 1670. The molecule has 3 aliphatic rings. The zero-order valence-corrected chi connectivity index (χ0v) is 23.8. The smallest absolute Gasteiger partial charge is 0.243 e. The molecule has 0 spiro atoms. The van der Waals surface area contributed by atoms with Gasteiger partial charge in [-0.1, -0.05) is 12.1 Å². The number of nitrogens with two attached hydrogens (primary N) is 1. The average molecular weight is 566 g/mol. The number of piperidine rings is 1. The van der Waals surface area contributed by atoms with Gasteiger partial charge in [-0.2, -0.15) is 15.5 Å². The molecule has 2 N–H and O–H groups in total. The highest BCUT2D eigenvalue weighted by molar-refractivity contribution is 5.91. The number of hydrogen-bond acceptors (Lipinski definition) is 8. The number of carbonyl (C=O) groups is 1. The fourth-order valence-corrected chi connectivity index (χ4v) is 6.59. The van der Waals surface area contributed by atoms with Crippen LogP contribution in [0.5, 0.6) is 0 Å². The molecule has 0 radical (unpaired) electrons. The molecular weight excluding hydrogens is 530 g/mol. The predicted molar refractivity (Wildman–Crippen MR) is 158 cm³/mol. The van der Waals surface area contributed by atoms with E-state index < -0.39 is 5.41 Å². The number of benzene rings is 1. The molecule has 216 valence electrons. The summed E-state index contributed by atoms with van der Waals surface area (Å²) in [5.74, 6) is 0.410. The van der Waals surface area contributed by atoms with Crippen molar-refractivity contribution < 1.29 is 9.53 Å². The van der Waals surface area contributed by atoms with Crippen LogP contribution in [0.15, 0.2) is 48.9 Å². The SMILES string of the molecule is CN(C(=O)C1(C#N)CC1)C1CCN(c2cccc(-c3cc(-c4ccnn4C4CCOCC4)c4c(N)ncnn34)c2)CC1. The predicted octanol–water partition coefficient (Wildman–Crippen LogP) is 3.92. The first kappa shape index (κ1) is 26.5. The first-order valence-electron chi connectivity index (χ1n) is 14.8. The molecule has 7 rings (SSSR count). The van der Waals surface area contributed by atoms with Crippen molar-refractivity contribution in [2.75, 3.05) is 44.0 Å². The minimum atomic E-state index is -0.769. The maximum Gasteiger partial charge on any atom is 0.243 e. The van der Waals surface area contributed by atoms with E-state index in [0.717, 1.165) is 85.7 Å². The normalized spacial score (nSPS) is 19.1. The highest BCUT2D eigenvalue weighted by atomic mass is 16.5. The first-order valence-corrected chi connectivity index (χ1v) is 14.8. The minimum absolute atomic E-state index is 0.0132. The maximum absolute atomic E-state index is 12.9. The van der Waals surface area contributed by atoms with Gasteiger partial charge in [0.2, 0.25) is 5.91 Å². The van der Waals surface area contributed by atoms with Crippen molar-refractivity contribution in [1.29, 1.82) is 5.26 Å². The summed E-state index contributed by atoms with van der Waals surface area (Å²) < 4.78 is 9.56. The van der Waals surface area contributed by atoms with Crippen LogP contribution in [0.2, 0.25) is 0 Å². The van der Waals surface area contributed by atoms with Gasteiger partial charge in [-0.05, 0) is 62.8 Å². The Hall–Kier alpha value is -4.43. The molecule has 3 fully saturated rings. The zero-order chi connectivity index (χ0) is 28.8. The Morgan fingerprint density at radius 2 is 1.88 bits per heavy atom. The van der Waals surface area contributed by atoms with Gasteiger partial charge < -0.3 is 20.3 Å². The number of nitrogen functional groups attached to an aromatic ring is 1. The molecule has 2 saturated heterocycles. The number of fused-ring (bicyclic) bond motifs is 1. The second-order valence-electron chi connectivity index (χ2n) is 11.7. The van der Waals surface area contributed by atoms with E-state index in [2.05, 4.69) is 61.2 Å². The van der Waals surface area contributed by atoms with E-state index in [1.54, 1.807) is 0 Å². The monoisotopic (exact) mass is 565 g/mol. The van der Waals surface area contributed by atoms with Crippen molar-refractivity contribution >= 4 is 22.9 Å². The van der Waals surface area contributed by atoms with Crippen molar-refractivity contribution in [3.8, 4) is 28.6 Å². The highest BCUT2D eigenvalue weighted by Crippen LogP contribution is 2.47. The second-order valence-corrected chi connectivity index (χ2v) is 11.7. The van der Waals surface area contributed by atoms with Crippen LogP contribution in [0.25, 0.3) is 28.0 Å². The van der Waals surface area contributed by atoms with Crippen molar-refractivity contribution in [3.05, 3.63) is 48.9 Å². The molecule has 2 aliphatic heterocycles. The number of amides is 1. The van der Waals surface area contributed by atoms with E-state index in [4.69, 9.17) is 10.5 Å². The van der Waals surface area contributed by atoms with E-state index in [-0.39, 0.29) is 18.0 Å². The molecule has 0 unspecified atom stereocenters. The Balaban J connectivity index is 1.16. The van der Waals surface area contributed by atoms with E-state index in [0.29, 0.717) is 18.7 Å². The van der Waals surface area contributed by atoms with Gasteiger partial charge in [0, 0.05) is 62.4 Å². The lowest BCUT2D eigenvalue weighted by atomic mass is 9.99. The summed E-state index contributed by atoms with van der Waals surface area (Å²) in [6.07, 6.45) is 8.27. The first-order chi connectivity index (χ1) is 20.5. The molecule has 5 heterocycles. The second kappa shape index (κ2) is 10.4. The van der Waals surface area contributed by atoms with E-state index in [9.17, 15) is 10.1 Å². The van der Waals surface area contributed by atoms with Gasteiger partial charge in [-0.25, -0.2) is 9.50 Å². The van der Waals surface area contributed by atoms with E-state index >= 15 is 0 Å². The van der Waals surface area contributed by atoms with Crippen LogP contribution in [-0.2, 0) is 9.53 Å². The molecule has 11 nitrogen and oxygen atoms in total. The Morgan fingerprint density at radius 3 is 2.62 bits per heavy atom. The number of hydrogen-bond donors (Lipinski definition) is 1. The number of nitrogens with zero attached hydrogens (tertiary/aromatic N) is 8. The third-order valence-corrected chi connectivity index (χ3v) is 9.28. The summed E-state index contributed by atoms with van der Waals surface area (Å²) in [6, 6.07) is 15.3. The summed E-state index contributed by atoms with van der Waals surface area (Å²) in [6.45, 7) is 3.14. The molecule has 1 aliphatic carbocycles. The lowest BCUT2D eigenvalue weighted by Crippen LogP contribution is -2.47. The molecule has 11 heteroatoms.